The van der Waals surface area contributed by atoms with Crippen LogP contribution in [0.4, 0.5) is 0 Å². The number of halogens is 1. The molecule has 2 heteroatoms. The number of rotatable bonds is 1. The highest BCUT2D eigenvalue weighted by molar-refractivity contribution is 14.1. The molecule has 0 unspecified atom stereocenters. The molecule has 0 radical (unpaired) electrons. The van der Waals surface area contributed by atoms with E-state index in [-0.39, 0.29) is 0 Å². The lowest BCUT2D eigenvalue weighted by Crippen LogP contribution is -1.85. The van der Waals surface area contributed by atoms with Crippen LogP contribution in [0, 0.1) is 13.8 Å². The van der Waals surface area contributed by atoms with Gasteiger partial charge in [0.2, 0.25) is 0 Å². The second kappa shape index (κ2) is 3.43. The molecule has 0 aromatic heterocycles. The highest BCUT2D eigenvalue weighted by Crippen LogP contribution is 2.25. The number of alkyl halides is 1. The fourth-order valence-electron chi connectivity index (χ4n) is 1.15. The van der Waals surface area contributed by atoms with Crippen LogP contribution in [-0.4, -0.2) is 5.11 Å². The molecule has 1 aromatic rings. The lowest BCUT2D eigenvalue weighted by molar-refractivity contribution is 0.466. The summed E-state index contributed by atoms with van der Waals surface area (Å²) in [5.41, 5.74) is 3.21. The number of hydrogen-bond acceptors (Lipinski definition) is 1. The van der Waals surface area contributed by atoms with Gasteiger partial charge < -0.3 is 5.11 Å². The fraction of sp³-hybridized carbons (Fsp3) is 0.333. The van der Waals surface area contributed by atoms with Gasteiger partial charge in [-0.1, -0.05) is 40.3 Å². The number of phenols is 1. The van der Waals surface area contributed by atoms with Crippen molar-refractivity contribution in [1.29, 1.82) is 0 Å². The number of aryl methyl sites for hydroxylation is 2. The Morgan fingerprint density at radius 1 is 1.36 bits per heavy atom. The standard InChI is InChI=1S/C9H11IO/c1-6-3-7(2)9(11)8(4-6)5-10/h3-4,11H,5H2,1-2H3. The van der Waals surface area contributed by atoms with E-state index in [0.29, 0.717) is 5.75 Å². The van der Waals surface area contributed by atoms with Crippen molar-refractivity contribution in [2.75, 3.05) is 0 Å². The van der Waals surface area contributed by atoms with Crippen molar-refractivity contribution >= 4 is 22.6 Å². The van der Waals surface area contributed by atoms with Crippen LogP contribution in [0.15, 0.2) is 12.1 Å². The largest absolute Gasteiger partial charge is 0.507 e. The van der Waals surface area contributed by atoms with Crippen molar-refractivity contribution in [2.24, 2.45) is 0 Å². The van der Waals surface area contributed by atoms with Gasteiger partial charge in [-0.25, -0.2) is 0 Å². The highest BCUT2D eigenvalue weighted by atomic mass is 127. The molecule has 0 bridgehead atoms. The maximum atomic E-state index is 9.52. The minimum absolute atomic E-state index is 0.449. The van der Waals surface area contributed by atoms with Gasteiger partial charge in [-0.05, 0) is 19.4 Å². The fourth-order valence-corrected chi connectivity index (χ4v) is 1.73. The molecule has 0 amide bonds. The summed E-state index contributed by atoms with van der Waals surface area (Å²) in [6, 6.07) is 4.01. The molecule has 0 atom stereocenters. The third-order valence-corrected chi connectivity index (χ3v) is 2.49. The summed E-state index contributed by atoms with van der Waals surface area (Å²) in [4.78, 5) is 0. The van der Waals surface area contributed by atoms with Crippen LogP contribution < -0.4 is 0 Å². The van der Waals surface area contributed by atoms with E-state index < -0.39 is 0 Å². The Bertz CT molecular complexity index is 269. The van der Waals surface area contributed by atoms with Gasteiger partial charge in [0.25, 0.3) is 0 Å². The minimum atomic E-state index is 0.449. The Morgan fingerprint density at radius 3 is 2.55 bits per heavy atom. The zero-order chi connectivity index (χ0) is 8.43. The van der Waals surface area contributed by atoms with Crippen molar-refractivity contribution in [3.8, 4) is 5.75 Å². The molecule has 0 aliphatic carbocycles. The zero-order valence-corrected chi connectivity index (χ0v) is 8.84. The second-order valence-electron chi connectivity index (χ2n) is 2.72. The van der Waals surface area contributed by atoms with Crippen LogP contribution in [0.2, 0.25) is 0 Å². The third kappa shape index (κ3) is 1.86. The van der Waals surface area contributed by atoms with E-state index in [9.17, 15) is 5.11 Å². The van der Waals surface area contributed by atoms with Crippen LogP contribution >= 0.6 is 22.6 Å². The molecule has 1 rings (SSSR count). The van der Waals surface area contributed by atoms with Gasteiger partial charge in [0.1, 0.15) is 5.75 Å². The molecular formula is C9H11IO. The number of hydrogen-bond donors (Lipinski definition) is 1. The van der Waals surface area contributed by atoms with Gasteiger partial charge in [-0.3, -0.25) is 0 Å². The Kier molecular flexibility index (Phi) is 2.76. The average Bonchev–Trinajstić information content (AvgIpc) is 1.96. The summed E-state index contributed by atoms with van der Waals surface area (Å²) >= 11 is 2.25. The Hall–Kier alpha value is -0.250. The van der Waals surface area contributed by atoms with Gasteiger partial charge >= 0.3 is 0 Å². The lowest BCUT2D eigenvalue weighted by atomic mass is 10.1. The van der Waals surface area contributed by atoms with Crippen LogP contribution in [0.5, 0.6) is 5.75 Å². The van der Waals surface area contributed by atoms with E-state index in [1.54, 1.807) is 0 Å². The van der Waals surface area contributed by atoms with E-state index in [2.05, 4.69) is 22.6 Å². The van der Waals surface area contributed by atoms with Gasteiger partial charge in [0, 0.05) is 9.99 Å². The van der Waals surface area contributed by atoms with Crippen LogP contribution in [-0.2, 0) is 4.43 Å². The molecule has 11 heavy (non-hydrogen) atoms. The Labute approximate surface area is 80.6 Å². The first kappa shape index (κ1) is 8.84. The molecule has 60 valence electrons. The zero-order valence-electron chi connectivity index (χ0n) is 6.69. The first-order chi connectivity index (χ1) is 5.15. The summed E-state index contributed by atoms with van der Waals surface area (Å²) in [6.07, 6.45) is 0. The third-order valence-electron chi connectivity index (χ3n) is 1.67. The molecule has 0 aliphatic heterocycles. The molecular weight excluding hydrogens is 251 g/mol. The molecule has 0 spiro atoms. The van der Waals surface area contributed by atoms with Gasteiger partial charge in [-0.2, -0.15) is 0 Å². The maximum Gasteiger partial charge on any atom is 0.122 e. The van der Waals surface area contributed by atoms with Gasteiger partial charge in [-0.15, -0.1) is 0 Å². The molecule has 0 fully saturated rings. The van der Waals surface area contributed by atoms with Crippen molar-refractivity contribution < 1.29 is 5.11 Å². The normalized spacial score (nSPS) is 10.1. The molecule has 0 saturated carbocycles. The smallest absolute Gasteiger partial charge is 0.122 e. The number of aromatic hydroxyl groups is 1. The topological polar surface area (TPSA) is 20.2 Å². The second-order valence-corrected chi connectivity index (χ2v) is 3.49. The summed E-state index contributed by atoms with van der Waals surface area (Å²) < 4.78 is 0.867. The van der Waals surface area contributed by atoms with E-state index in [1.165, 1.54) is 5.56 Å². The molecule has 0 saturated heterocycles. The molecule has 1 aromatic carbocycles. The van der Waals surface area contributed by atoms with E-state index >= 15 is 0 Å². The Morgan fingerprint density at radius 2 is 2.00 bits per heavy atom. The van der Waals surface area contributed by atoms with E-state index in [4.69, 9.17) is 0 Å². The SMILES string of the molecule is Cc1cc(C)c(O)c(CI)c1. The maximum absolute atomic E-state index is 9.52. The van der Waals surface area contributed by atoms with Gasteiger partial charge in [0.05, 0.1) is 0 Å². The predicted molar refractivity (Wildman–Crippen MR) is 55.3 cm³/mol. The van der Waals surface area contributed by atoms with Crippen LogP contribution in [0.1, 0.15) is 16.7 Å². The van der Waals surface area contributed by atoms with E-state index in [1.807, 2.05) is 26.0 Å². The number of phenolic OH excluding ortho intramolecular Hbond substituents is 1. The van der Waals surface area contributed by atoms with Crippen LogP contribution in [0.25, 0.3) is 0 Å². The summed E-state index contributed by atoms with van der Waals surface area (Å²) in [7, 11) is 0. The molecule has 1 N–H and O–H groups in total. The summed E-state index contributed by atoms with van der Waals surface area (Å²) in [5.74, 6) is 0.449. The lowest BCUT2D eigenvalue weighted by Gasteiger charge is -2.05. The monoisotopic (exact) mass is 262 g/mol. The van der Waals surface area contributed by atoms with E-state index in [0.717, 1.165) is 15.6 Å². The molecule has 1 nitrogen and oxygen atoms in total. The first-order valence-electron chi connectivity index (χ1n) is 3.50. The number of benzene rings is 1. The van der Waals surface area contributed by atoms with Gasteiger partial charge in [0.15, 0.2) is 0 Å². The van der Waals surface area contributed by atoms with Crippen LogP contribution in [0.3, 0.4) is 0 Å². The predicted octanol–water partition coefficient (Wildman–Crippen LogP) is 2.94. The Balaban J connectivity index is 3.24. The molecule has 0 heterocycles. The van der Waals surface area contributed by atoms with Crippen molar-refractivity contribution in [2.45, 2.75) is 18.3 Å². The highest BCUT2D eigenvalue weighted by Gasteiger charge is 2.02. The molecule has 0 aliphatic rings. The summed E-state index contributed by atoms with van der Waals surface area (Å²) in [5, 5.41) is 9.52. The average molecular weight is 262 g/mol. The van der Waals surface area contributed by atoms with Crippen molar-refractivity contribution in [3.63, 3.8) is 0 Å². The summed E-state index contributed by atoms with van der Waals surface area (Å²) in [6.45, 7) is 3.97. The quantitative estimate of drug-likeness (QED) is 0.609. The van der Waals surface area contributed by atoms with Crippen molar-refractivity contribution in [3.05, 3.63) is 28.8 Å². The minimum Gasteiger partial charge on any atom is -0.507 e. The first-order valence-corrected chi connectivity index (χ1v) is 5.02. The van der Waals surface area contributed by atoms with Crippen molar-refractivity contribution in [1.82, 2.24) is 0 Å².